The number of carbonyl (C=O) groups is 3. The molecule has 6 rings (SSSR count). The van der Waals surface area contributed by atoms with Gasteiger partial charge in [0.1, 0.15) is 18.0 Å². The number of ether oxygens (including phenoxy) is 1. The lowest BCUT2D eigenvalue weighted by atomic mass is 9.98. The standard InChI is InChI=1S/C36H39N5O6/c1-3-17-39(36(46)37-20-24-11-14-28(47-2)15-12-24)40-23-34(44)41-30(18-25-13-16-31(42)32(43)19-25)35(45)38(22-33(40)41)21-27-9-6-8-26-7-4-5-10-29(26)27/h4-16,19,30,33,42-43H,3,17-18,20-23H2,1-2H3,(H,37,46)/t30-,33+/m0/s1. The van der Waals surface area contributed by atoms with Crippen molar-refractivity contribution < 1.29 is 29.3 Å². The SMILES string of the molecule is CCCN(C(=O)NCc1ccc(OC)cc1)N1CC(=O)N2[C@@H](Cc3ccc(O)c(O)c3)C(=O)N(Cc3cccc4ccccc34)C[C@@H]21. The summed E-state index contributed by atoms with van der Waals surface area (Å²) >= 11 is 0. The van der Waals surface area contributed by atoms with E-state index in [1.165, 1.54) is 12.1 Å². The van der Waals surface area contributed by atoms with Gasteiger partial charge in [-0.2, -0.15) is 5.01 Å². The van der Waals surface area contributed by atoms with Gasteiger partial charge in [0.2, 0.25) is 11.8 Å². The van der Waals surface area contributed by atoms with Gasteiger partial charge in [-0.05, 0) is 58.1 Å². The van der Waals surface area contributed by atoms with Gasteiger partial charge in [-0.25, -0.2) is 4.79 Å². The van der Waals surface area contributed by atoms with Crippen LogP contribution in [0, 0.1) is 0 Å². The van der Waals surface area contributed by atoms with Crippen molar-refractivity contribution in [3.63, 3.8) is 0 Å². The highest BCUT2D eigenvalue weighted by atomic mass is 16.5. The van der Waals surface area contributed by atoms with Gasteiger partial charge in [-0.1, -0.05) is 67.6 Å². The maximum absolute atomic E-state index is 14.3. The number of piperazine rings is 1. The number of nitrogens with zero attached hydrogens (tertiary/aromatic N) is 4. The Morgan fingerprint density at radius 3 is 2.45 bits per heavy atom. The van der Waals surface area contributed by atoms with E-state index in [0.29, 0.717) is 25.1 Å². The first-order valence-corrected chi connectivity index (χ1v) is 15.8. The van der Waals surface area contributed by atoms with E-state index in [1.54, 1.807) is 33.0 Å². The summed E-state index contributed by atoms with van der Waals surface area (Å²) in [6.45, 7) is 3.10. The molecular weight excluding hydrogens is 598 g/mol. The number of hydrazine groups is 1. The number of hydrogen-bond donors (Lipinski definition) is 3. The lowest BCUT2D eigenvalue weighted by molar-refractivity contribution is -0.157. The molecule has 2 atom stereocenters. The van der Waals surface area contributed by atoms with E-state index in [-0.39, 0.29) is 55.4 Å². The van der Waals surface area contributed by atoms with Crippen molar-refractivity contribution in [2.75, 3.05) is 26.7 Å². The third kappa shape index (κ3) is 6.52. The topological polar surface area (TPSA) is 126 Å². The largest absolute Gasteiger partial charge is 0.504 e. The van der Waals surface area contributed by atoms with Crippen molar-refractivity contribution in [1.29, 1.82) is 0 Å². The fourth-order valence-electron chi connectivity index (χ4n) is 6.52. The first-order chi connectivity index (χ1) is 22.8. The van der Waals surface area contributed by atoms with Crippen LogP contribution in [0.2, 0.25) is 0 Å². The summed E-state index contributed by atoms with van der Waals surface area (Å²) in [5.41, 5.74) is 2.47. The molecule has 2 aliphatic rings. The second-order valence-corrected chi connectivity index (χ2v) is 11.9. The van der Waals surface area contributed by atoms with Crippen molar-refractivity contribution >= 4 is 28.6 Å². The van der Waals surface area contributed by atoms with Crippen molar-refractivity contribution in [2.45, 2.75) is 45.1 Å². The average molecular weight is 638 g/mol. The van der Waals surface area contributed by atoms with Crippen LogP contribution in [0.25, 0.3) is 10.8 Å². The van der Waals surface area contributed by atoms with E-state index >= 15 is 0 Å². The smallest absolute Gasteiger partial charge is 0.332 e. The summed E-state index contributed by atoms with van der Waals surface area (Å²) in [5.74, 6) is -0.320. The first-order valence-electron chi connectivity index (χ1n) is 15.8. The number of benzene rings is 4. The molecule has 0 aliphatic carbocycles. The van der Waals surface area contributed by atoms with Gasteiger partial charge < -0.3 is 30.1 Å². The molecule has 4 aromatic rings. The molecule has 0 spiro atoms. The van der Waals surface area contributed by atoms with Crippen LogP contribution >= 0.6 is 0 Å². The quantitative estimate of drug-likeness (QED) is 0.223. The fourth-order valence-corrected chi connectivity index (χ4v) is 6.52. The summed E-state index contributed by atoms with van der Waals surface area (Å²) in [7, 11) is 1.60. The van der Waals surface area contributed by atoms with Crippen LogP contribution < -0.4 is 10.1 Å². The second-order valence-electron chi connectivity index (χ2n) is 11.9. The molecule has 0 unspecified atom stereocenters. The molecule has 0 radical (unpaired) electrons. The van der Waals surface area contributed by atoms with Crippen LogP contribution in [0.5, 0.6) is 17.2 Å². The van der Waals surface area contributed by atoms with Crippen molar-refractivity contribution in [1.82, 2.24) is 25.1 Å². The van der Waals surface area contributed by atoms with Gasteiger partial charge in [0.05, 0.1) is 20.2 Å². The van der Waals surface area contributed by atoms with Gasteiger partial charge in [0.15, 0.2) is 11.5 Å². The number of amides is 4. The lowest BCUT2D eigenvalue weighted by Gasteiger charge is -2.46. The maximum Gasteiger partial charge on any atom is 0.332 e. The molecule has 0 bridgehead atoms. The molecule has 2 saturated heterocycles. The van der Waals surface area contributed by atoms with Crippen LogP contribution in [-0.2, 0) is 29.1 Å². The van der Waals surface area contributed by atoms with Gasteiger partial charge in [0.25, 0.3) is 0 Å². The fraction of sp³-hybridized carbons (Fsp3) is 0.306. The van der Waals surface area contributed by atoms with Crippen LogP contribution in [-0.4, -0.2) is 86.8 Å². The lowest BCUT2D eigenvalue weighted by Crippen LogP contribution is -2.66. The molecule has 2 fully saturated rings. The third-order valence-electron chi connectivity index (χ3n) is 8.86. The highest BCUT2D eigenvalue weighted by molar-refractivity contribution is 5.92. The number of phenolic OH excluding ortho intramolecular Hbond substituents is 2. The average Bonchev–Trinajstić information content (AvgIpc) is 3.41. The summed E-state index contributed by atoms with van der Waals surface area (Å²) in [6.07, 6.45) is 0.193. The number of nitrogens with one attached hydrogen (secondary N) is 1. The Kier molecular flexibility index (Phi) is 9.17. The minimum atomic E-state index is -0.879. The Bertz CT molecular complexity index is 1770. The third-order valence-corrected chi connectivity index (χ3v) is 8.86. The van der Waals surface area contributed by atoms with Crippen LogP contribution in [0.1, 0.15) is 30.0 Å². The Balaban J connectivity index is 1.30. The zero-order valence-corrected chi connectivity index (χ0v) is 26.5. The zero-order chi connectivity index (χ0) is 33.1. The molecule has 2 heterocycles. The Morgan fingerprint density at radius 2 is 1.70 bits per heavy atom. The van der Waals surface area contributed by atoms with Crippen LogP contribution in [0.15, 0.2) is 84.9 Å². The molecule has 4 aromatic carbocycles. The molecule has 11 nitrogen and oxygen atoms in total. The summed E-state index contributed by atoms with van der Waals surface area (Å²) < 4.78 is 5.23. The highest BCUT2D eigenvalue weighted by Gasteiger charge is 2.52. The molecular formula is C36H39N5O6. The number of methoxy groups -OCH3 is 1. The van der Waals surface area contributed by atoms with Crippen molar-refractivity contribution in [3.8, 4) is 17.2 Å². The van der Waals surface area contributed by atoms with E-state index < -0.39 is 12.2 Å². The van der Waals surface area contributed by atoms with Gasteiger partial charge in [-0.3, -0.25) is 14.6 Å². The predicted molar refractivity (Wildman–Crippen MR) is 176 cm³/mol. The highest BCUT2D eigenvalue weighted by Crippen LogP contribution is 2.33. The number of hydrogen-bond acceptors (Lipinski definition) is 7. The second kappa shape index (κ2) is 13.6. The number of fused-ring (bicyclic) bond motifs is 2. The molecule has 4 amide bonds. The van der Waals surface area contributed by atoms with Gasteiger partial charge >= 0.3 is 6.03 Å². The maximum atomic E-state index is 14.3. The van der Waals surface area contributed by atoms with Gasteiger partial charge in [-0.15, -0.1) is 0 Å². The molecule has 0 saturated carbocycles. The van der Waals surface area contributed by atoms with E-state index in [9.17, 15) is 24.6 Å². The predicted octanol–water partition coefficient (Wildman–Crippen LogP) is 4.22. The van der Waals surface area contributed by atoms with Crippen molar-refractivity contribution in [3.05, 3.63) is 102 Å². The monoisotopic (exact) mass is 637 g/mol. The molecule has 47 heavy (non-hydrogen) atoms. The molecule has 2 aliphatic heterocycles. The van der Waals surface area contributed by atoms with Gasteiger partial charge in [0, 0.05) is 26.1 Å². The Morgan fingerprint density at radius 1 is 0.957 bits per heavy atom. The van der Waals surface area contributed by atoms with E-state index in [0.717, 1.165) is 27.6 Å². The summed E-state index contributed by atoms with van der Waals surface area (Å²) in [4.78, 5) is 45.1. The zero-order valence-electron chi connectivity index (χ0n) is 26.5. The molecule has 0 aromatic heterocycles. The van der Waals surface area contributed by atoms with Crippen LogP contribution in [0.4, 0.5) is 4.79 Å². The molecule has 244 valence electrons. The number of aromatic hydroxyl groups is 2. The number of urea groups is 1. The first kappa shape index (κ1) is 31.7. The summed E-state index contributed by atoms with van der Waals surface area (Å²) in [5, 5.41) is 28.5. The number of carbonyl (C=O) groups excluding carboxylic acids is 3. The number of rotatable bonds is 10. The minimum absolute atomic E-state index is 0.0622. The Labute approximate surface area is 273 Å². The van der Waals surface area contributed by atoms with Crippen LogP contribution in [0.3, 0.4) is 0 Å². The van der Waals surface area contributed by atoms with E-state index in [4.69, 9.17) is 4.74 Å². The summed E-state index contributed by atoms with van der Waals surface area (Å²) in [6, 6.07) is 24.6. The normalized spacial score (nSPS) is 18.0. The van der Waals surface area contributed by atoms with E-state index in [1.807, 2.05) is 73.7 Å². The van der Waals surface area contributed by atoms with E-state index in [2.05, 4.69) is 5.32 Å². The minimum Gasteiger partial charge on any atom is -0.504 e. The number of phenols is 2. The molecule has 11 heteroatoms. The Hall–Kier alpha value is -5.29. The molecule has 3 N–H and O–H groups in total. The van der Waals surface area contributed by atoms with Crippen molar-refractivity contribution in [2.24, 2.45) is 0 Å².